The lowest BCUT2D eigenvalue weighted by Gasteiger charge is -2.36. The van der Waals surface area contributed by atoms with Crippen LogP contribution in [0.15, 0.2) is 0 Å². The van der Waals surface area contributed by atoms with E-state index < -0.39 is 31.9 Å². The van der Waals surface area contributed by atoms with Crippen molar-refractivity contribution in [3.8, 4) is 0 Å². The summed E-state index contributed by atoms with van der Waals surface area (Å²) in [5.74, 6) is -5.08. The number of phosphoric ester groups is 1. The summed E-state index contributed by atoms with van der Waals surface area (Å²) < 4.78 is 77.6. The van der Waals surface area contributed by atoms with E-state index in [1.165, 1.54) is 13.8 Å². The lowest BCUT2D eigenvalue weighted by molar-refractivity contribution is -0.296. The Bertz CT molecular complexity index is 340. The van der Waals surface area contributed by atoms with Crippen LogP contribution in [-0.2, 0) is 9.09 Å². The molecule has 2 N–H and O–H groups in total. The van der Waals surface area contributed by atoms with E-state index in [1.807, 2.05) is 0 Å². The highest BCUT2D eigenvalue weighted by molar-refractivity contribution is 7.46. The molecule has 0 aliphatic rings. The molecule has 0 fully saturated rings. The lowest BCUT2D eigenvalue weighted by Crippen LogP contribution is -2.45. The smallest absolute Gasteiger partial charge is 0.303 e. The Hall–Kier alpha value is -0.240. The predicted molar refractivity (Wildman–Crippen MR) is 56.7 cm³/mol. The molecule has 0 rings (SSSR count). The van der Waals surface area contributed by atoms with E-state index in [0.717, 1.165) is 0 Å². The molecule has 0 aliphatic carbocycles. The molecule has 0 saturated heterocycles. The molecule has 116 valence electrons. The number of alkyl halides is 5. The summed E-state index contributed by atoms with van der Waals surface area (Å²) >= 11 is 0. The summed E-state index contributed by atoms with van der Waals surface area (Å²) in [5.41, 5.74) is -2.22. The SMILES string of the molecule is CCCC(CC)(CC(F)(F)C(F)(F)F)OP(=O)(O)O. The standard InChI is InChI=1S/C9H16F5O4P/c1-3-5-7(4-2,18-19(15,16)17)6-8(10,11)9(12,13)14/h3-6H2,1-2H3,(H2,15,16,17). The topological polar surface area (TPSA) is 66.8 Å². The first-order valence-corrected chi connectivity index (χ1v) is 7.02. The number of hydrogen-bond donors (Lipinski definition) is 2. The summed E-state index contributed by atoms with van der Waals surface area (Å²) in [6, 6.07) is 0. The molecule has 0 aromatic carbocycles. The molecule has 1 unspecified atom stereocenters. The minimum absolute atomic E-state index is 0.141. The molecule has 0 aromatic rings. The molecule has 19 heavy (non-hydrogen) atoms. The van der Waals surface area contributed by atoms with Gasteiger partial charge in [0.05, 0.1) is 12.0 Å². The third-order valence-electron chi connectivity index (χ3n) is 2.62. The van der Waals surface area contributed by atoms with Gasteiger partial charge in [-0.15, -0.1) is 0 Å². The Morgan fingerprint density at radius 3 is 1.84 bits per heavy atom. The average molecular weight is 314 g/mol. The van der Waals surface area contributed by atoms with Gasteiger partial charge >= 0.3 is 19.9 Å². The summed E-state index contributed by atoms with van der Waals surface area (Å²) in [4.78, 5) is 17.3. The normalized spacial score (nSPS) is 17.3. The fraction of sp³-hybridized carbons (Fsp3) is 1.00. The molecule has 0 heterocycles. The van der Waals surface area contributed by atoms with Gasteiger partial charge < -0.3 is 9.79 Å². The third-order valence-corrected chi connectivity index (χ3v) is 3.25. The van der Waals surface area contributed by atoms with Crippen LogP contribution in [0.5, 0.6) is 0 Å². The summed E-state index contributed by atoms with van der Waals surface area (Å²) in [7, 11) is -5.17. The highest BCUT2D eigenvalue weighted by Crippen LogP contribution is 2.50. The quantitative estimate of drug-likeness (QED) is 0.556. The van der Waals surface area contributed by atoms with Crippen LogP contribution in [0, 0.1) is 0 Å². The second kappa shape index (κ2) is 6.03. The van der Waals surface area contributed by atoms with Crippen LogP contribution in [-0.4, -0.2) is 27.5 Å². The zero-order chi connectivity index (χ0) is 15.5. The predicted octanol–water partition coefficient (Wildman–Crippen LogP) is 3.63. The number of hydrogen-bond acceptors (Lipinski definition) is 2. The minimum atomic E-state index is -5.79. The van der Waals surface area contributed by atoms with Crippen molar-refractivity contribution in [2.45, 2.75) is 57.2 Å². The van der Waals surface area contributed by atoms with Crippen LogP contribution < -0.4 is 0 Å². The van der Waals surface area contributed by atoms with Gasteiger partial charge in [-0.05, 0) is 12.8 Å². The van der Waals surface area contributed by atoms with Crippen molar-refractivity contribution in [3.05, 3.63) is 0 Å². The fourth-order valence-corrected chi connectivity index (χ4v) is 2.53. The Kier molecular flexibility index (Phi) is 5.96. The Morgan fingerprint density at radius 1 is 1.11 bits per heavy atom. The second-order valence-corrected chi connectivity index (χ2v) is 5.41. The molecule has 0 aliphatic heterocycles. The lowest BCUT2D eigenvalue weighted by atomic mass is 9.88. The molecule has 0 aromatic heterocycles. The van der Waals surface area contributed by atoms with Gasteiger partial charge in [-0.2, -0.15) is 22.0 Å². The Labute approximate surface area is 107 Å². The van der Waals surface area contributed by atoms with Gasteiger partial charge in [0.15, 0.2) is 0 Å². The molecule has 10 heteroatoms. The van der Waals surface area contributed by atoms with E-state index in [1.54, 1.807) is 0 Å². The molecule has 0 bridgehead atoms. The molecule has 0 spiro atoms. The van der Waals surface area contributed by atoms with Crippen LogP contribution in [0.1, 0.15) is 39.5 Å². The van der Waals surface area contributed by atoms with Crippen molar-refractivity contribution < 1.29 is 40.8 Å². The Balaban J connectivity index is 5.32. The van der Waals surface area contributed by atoms with Gasteiger partial charge in [0.2, 0.25) is 0 Å². The maximum absolute atomic E-state index is 13.1. The van der Waals surface area contributed by atoms with Crippen molar-refractivity contribution in [1.29, 1.82) is 0 Å². The first-order chi connectivity index (χ1) is 8.29. The van der Waals surface area contributed by atoms with Gasteiger partial charge in [0, 0.05) is 0 Å². The summed E-state index contributed by atoms with van der Waals surface area (Å²) in [5, 5.41) is 0. The van der Waals surface area contributed by atoms with Gasteiger partial charge in [0.25, 0.3) is 0 Å². The monoisotopic (exact) mass is 314 g/mol. The van der Waals surface area contributed by atoms with Crippen LogP contribution in [0.2, 0.25) is 0 Å². The molecule has 0 radical (unpaired) electrons. The molecule has 0 amide bonds. The number of phosphoric acid groups is 1. The third kappa shape index (κ3) is 5.72. The van der Waals surface area contributed by atoms with Crippen LogP contribution in [0.3, 0.4) is 0 Å². The zero-order valence-electron chi connectivity index (χ0n) is 10.4. The van der Waals surface area contributed by atoms with E-state index >= 15 is 0 Å². The highest BCUT2D eigenvalue weighted by Gasteiger charge is 2.61. The second-order valence-electron chi connectivity index (χ2n) is 4.25. The van der Waals surface area contributed by atoms with Gasteiger partial charge in [-0.3, -0.25) is 4.52 Å². The molecule has 1 atom stereocenters. The summed E-state index contributed by atoms with van der Waals surface area (Å²) in [6.45, 7) is 2.72. The van der Waals surface area contributed by atoms with E-state index in [4.69, 9.17) is 9.79 Å². The van der Waals surface area contributed by atoms with Crippen LogP contribution in [0.25, 0.3) is 0 Å². The number of rotatable bonds is 7. The molecule has 0 saturated carbocycles. The highest BCUT2D eigenvalue weighted by atomic mass is 31.2. The minimum Gasteiger partial charge on any atom is -0.303 e. The molecular weight excluding hydrogens is 298 g/mol. The maximum atomic E-state index is 13.1. The van der Waals surface area contributed by atoms with Crippen molar-refractivity contribution in [1.82, 2.24) is 0 Å². The molecular formula is C9H16F5O4P. The first kappa shape index (κ1) is 18.8. The van der Waals surface area contributed by atoms with Crippen molar-refractivity contribution in [2.24, 2.45) is 0 Å². The largest absolute Gasteiger partial charge is 0.470 e. The summed E-state index contributed by atoms with van der Waals surface area (Å²) in [6.07, 6.45) is -8.17. The van der Waals surface area contributed by atoms with Crippen LogP contribution in [0.4, 0.5) is 22.0 Å². The van der Waals surface area contributed by atoms with Crippen molar-refractivity contribution in [3.63, 3.8) is 0 Å². The van der Waals surface area contributed by atoms with E-state index in [0.29, 0.717) is 0 Å². The number of halogens is 5. The van der Waals surface area contributed by atoms with Gasteiger partial charge in [-0.1, -0.05) is 20.3 Å². The van der Waals surface area contributed by atoms with Crippen LogP contribution >= 0.6 is 7.82 Å². The average Bonchev–Trinajstić information content (AvgIpc) is 2.12. The fourth-order valence-electron chi connectivity index (χ4n) is 1.75. The molecule has 4 nitrogen and oxygen atoms in total. The van der Waals surface area contributed by atoms with Crippen molar-refractivity contribution in [2.75, 3.05) is 0 Å². The Morgan fingerprint density at radius 2 is 1.58 bits per heavy atom. The van der Waals surface area contributed by atoms with E-state index in [9.17, 15) is 26.5 Å². The maximum Gasteiger partial charge on any atom is 0.470 e. The van der Waals surface area contributed by atoms with E-state index in [-0.39, 0.29) is 19.3 Å². The van der Waals surface area contributed by atoms with E-state index in [2.05, 4.69) is 4.52 Å². The van der Waals surface area contributed by atoms with Gasteiger partial charge in [0.1, 0.15) is 0 Å². The first-order valence-electron chi connectivity index (χ1n) is 5.49. The van der Waals surface area contributed by atoms with Crippen molar-refractivity contribution >= 4 is 7.82 Å². The van der Waals surface area contributed by atoms with Gasteiger partial charge in [-0.25, -0.2) is 4.57 Å². The zero-order valence-corrected chi connectivity index (χ0v) is 11.3.